The van der Waals surface area contributed by atoms with Gasteiger partial charge in [0.1, 0.15) is 28.3 Å². The first-order valence-corrected chi connectivity index (χ1v) is 13.3. The van der Waals surface area contributed by atoms with Crippen molar-refractivity contribution < 1.29 is 37.3 Å². The van der Waals surface area contributed by atoms with Gasteiger partial charge in [-0.15, -0.1) is 0 Å². The number of hydrogen-bond donors (Lipinski definition) is 0. The van der Waals surface area contributed by atoms with Gasteiger partial charge in [0.15, 0.2) is 5.78 Å². The van der Waals surface area contributed by atoms with Gasteiger partial charge in [-0.3, -0.25) is 14.1 Å². The quantitative estimate of drug-likeness (QED) is 0.318. The lowest BCUT2D eigenvalue weighted by Crippen LogP contribution is -2.45. The highest BCUT2D eigenvalue weighted by Gasteiger charge is 2.33. The van der Waals surface area contributed by atoms with Crippen LogP contribution < -0.4 is 9.47 Å². The largest absolute Gasteiger partial charge is 0.496 e. The fraction of sp³-hybridized carbons (Fsp3) is 0.483. The number of aromatic nitrogens is 2. The number of methoxy groups -OCH3 is 1. The number of ketones is 1. The number of alkyl halides is 2. The minimum Gasteiger partial charge on any atom is -0.496 e. The Labute approximate surface area is 231 Å². The Morgan fingerprint density at radius 3 is 2.60 bits per heavy atom. The van der Waals surface area contributed by atoms with Crippen molar-refractivity contribution >= 4 is 17.5 Å². The fourth-order valence-electron chi connectivity index (χ4n) is 4.88. The second-order valence-electron chi connectivity index (χ2n) is 11.1. The number of hydrogen-bond acceptors (Lipinski definition) is 7. The third-order valence-electron chi connectivity index (χ3n) is 6.93. The molecule has 1 aliphatic carbocycles. The number of nitrogens with zero attached hydrogens (tertiary/aromatic N) is 3. The number of fused-ring (bicyclic) bond motifs is 1. The summed E-state index contributed by atoms with van der Waals surface area (Å²) < 4.78 is 50.1. The zero-order chi connectivity index (χ0) is 28.6. The highest BCUT2D eigenvalue weighted by Crippen LogP contribution is 2.40. The zero-order valence-electron chi connectivity index (χ0n) is 23.0. The van der Waals surface area contributed by atoms with Crippen LogP contribution in [0.4, 0.5) is 13.6 Å². The van der Waals surface area contributed by atoms with Crippen molar-refractivity contribution in [3.63, 3.8) is 0 Å². The second-order valence-corrected chi connectivity index (χ2v) is 11.1. The van der Waals surface area contributed by atoms with E-state index in [1.807, 2.05) is 32.9 Å². The summed E-state index contributed by atoms with van der Waals surface area (Å²) in [5.41, 5.74) is 1.86. The van der Waals surface area contributed by atoms with Gasteiger partial charge in [0.25, 0.3) is 0 Å². The van der Waals surface area contributed by atoms with Crippen molar-refractivity contribution in [2.75, 3.05) is 26.9 Å². The molecule has 1 atom stereocenters. The van der Waals surface area contributed by atoms with E-state index in [-0.39, 0.29) is 41.2 Å². The van der Waals surface area contributed by atoms with Crippen LogP contribution in [-0.2, 0) is 9.47 Å². The van der Waals surface area contributed by atoms with Crippen LogP contribution in [0.15, 0.2) is 36.7 Å². The summed E-state index contributed by atoms with van der Waals surface area (Å²) in [4.78, 5) is 32.0. The molecule has 9 nitrogen and oxygen atoms in total. The summed E-state index contributed by atoms with van der Waals surface area (Å²) >= 11 is 0. The Balaban J connectivity index is 1.49. The molecule has 40 heavy (non-hydrogen) atoms. The van der Waals surface area contributed by atoms with Gasteiger partial charge in [-0.2, -0.15) is 8.78 Å². The van der Waals surface area contributed by atoms with Crippen molar-refractivity contribution in [3.05, 3.63) is 47.8 Å². The molecule has 0 radical (unpaired) electrons. The summed E-state index contributed by atoms with van der Waals surface area (Å²) in [5, 5.41) is 0. The van der Waals surface area contributed by atoms with Crippen molar-refractivity contribution in [3.8, 4) is 22.8 Å². The summed E-state index contributed by atoms with van der Waals surface area (Å²) in [6.07, 6.45) is 5.14. The third kappa shape index (κ3) is 6.04. The molecule has 2 aliphatic rings. The topological polar surface area (TPSA) is 91.6 Å². The molecular formula is C29H33F2N3O6. The standard InChI is InChI=1S/C29H33F2N3O6/c1-29(2,3)40-28(36)34-9-10-38-16-21(34)18-7-8-33-20(15-32-25(33)14-18)19-12-23(37-4)26(22(35)11-17-5-6-17)24(13-19)39-27(30)31/h7-8,12-15,17,21,27H,5-6,9-11,16H2,1-4H3. The molecule has 3 aromatic rings. The van der Waals surface area contributed by atoms with E-state index in [1.54, 1.807) is 27.8 Å². The molecule has 1 aromatic carbocycles. The van der Waals surface area contributed by atoms with E-state index in [0.717, 1.165) is 18.4 Å². The minimum absolute atomic E-state index is 0.0223. The molecule has 3 heterocycles. The van der Waals surface area contributed by atoms with Crippen molar-refractivity contribution in [1.82, 2.24) is 14.3 Å². The molecule has 2 fully saturated rings. The van der Waals surface area contributed by atoms with Crippen molar-refractivity contribution in [2.45, 2.75) is 58.3 Å². The maximum Gasteiger partial charge on any atom is 0.410 e. The molecule has 214 valence electrons. The summed E-state index contributed by atoms with van der Waals surface area (Å²) in [7, 11) is 1.39. The first-order valence-electron chi connectivity index (χ1n) is 13.3. The van der Waals surface area contributed by atoms with Gasteiger partial charge in [-0.05, 0) is 69.4 Å². The lowest BCUT2D eigenvalue weighted by Gasteiger charge is -2.36. The number of halogens is 2. The average Bonchev–Trinajstić information content (AvgIpc) is 3.61. The van der Waals surface area contributed by atoms with Gasteiger partial charge < -0.3 is 18.9 Å². The smallest absolute Gasteiger partial charge is 0.410 e. The molecule has 1 unspecified atom stereocenters. The molecule has 1 saturated carbocycles. The number of rotatable bonds is 8. The Bertz CT molecular complexity index is 1410. The predicted molar refractivity (Wildman–Crippen MR) is 142 cm³/mol. The zero-order valence-corrected chi connectivity index (χ0v) is 23.0. The molecule has 1 aliphatic heterocycles. The maximum atomic E-state index is 13.4. The molecule has 11 heteroatoms. The summed E-state index contributed by atoms with van der Waals surface area (Å²) in [5.74, 6) is -0.0784. The average molecular weight is 558 g/mol. The Morgan fingerprint density at radius 1 is 1.18 bits per heavy atom. The number of morpholine rings is 1. The Morgan fingerprint density at radius 2 is 1.93 bits per heavy atom. The van der Waals surface area contributed by atoms with E-state index in [1.165, 1.54) is 13.2 Å². The monoisotopic (exact) mass is 557 g/mol. The number of Topliss-reactive ketones (excluding diaryl/α,β-unsaturated/α-hetero) is 1. The number of imidazole rings is 1. The molecule has 5 rings (SSSR count). The number of carbonyl (C=O) groups is 2. The molecular weight excluding hydrogens is 524 g/mol. The van der Waals surface area contributed by atoms with Crippen LogP contribution >= 0.6 is 0 Å². The maximum absolute atomic E-state index is 13.4. The third-order valence-corrected chi connectivity index (χ3v) is 6.93. The minimum atomic E-state index is -3.11. The molecule has 0 spiro atoms. The molecule has 0 N–H and O–H groups in total. The first-order chi connectivity index (χ1) is 19.0. The van der Waals surface area contributed by atoms with Gasteiger partial charge in [-0.25, -0.2) is 9.78 Å². The van der Waals surface area contributed by atoms with Crippen LogP contribution in [-0.4, -0.2) is 65.2 Å². The predicted octanol–water partition coefficient (Wildman–Crippen LogP) is 5.90. The van der Waals surface area contributed by atoms with E-state index < -0.39 is 18.3 Å². The molecule has 0 bridgehead atoms. The highest BCUT2D eigenvalue weighted by atomic mass is 19.3. The summed E-state index contributed by atoms with van der Waals surface area (Å²) in [6, 6.07) is 6.40. The van der Waals surface area contributed by atoms with E-state index in [0.29, 0.717) is 36.7 Å². The van der Waals surface area contributed by atoms with Crippen LogP contribution in [0, 0.1) is 5.92 Å². The highest BCUT2D eigenvalue weighted by molar-refractivity contribution is 6.02. The van der Waals surface area contributed by atoms with Crippen LogP contribution in [0.25, 0.3) is 16.9 Å². The van der Waals surface area contributed by atoms with Crippen LogP contribution in [0.2, 0.25) is 0 Å². The van der Waals surface area contributed by atoms with Crippen molar-refractivity contribution in [2.24, 2.45) is 5.92 Å². The number of amides is 1. The van der Waals surface area contributed by atoms with Gasteiger partial charge >= 0.3 is 12.7 Å². The number of carbonyl (C=O) groups excluding carboxylic acids is 2. The Kier molecular flexibility index (Phi) is 7.67. The van der Waals surface area contributed by atoms with Gasteiger partial charge in [0.2, 0.25) is 0 Å². The Hall–Kier alpha value is -3.73. The SMILES string of the molecule is COc1cc(-c2cnc3cc(C4COCCN4C(=O)OC(C)(C)C)ccn23)cc(OC(F)F)c1C(=O)CC1CC1. The molecule has 1 saturated heterocycles. The van der Waals surface area contributed by atoms with Crippen LogP contribution in [0.1, 0.15) is 62.0 Å². The van der Waals surface area contributed by atoms with E-state index in [9.17, 15) is 18.4 Å². The van der Waals surface area contributed by atoms with Crippen LogP contribution in [0.3, 0.4) is 0 Å². The van der Waals surface area contributed by atoms with Gasteiger partial charge in [0, 0.05) is 24.7 Å². The second kappa shape index (κ2) is 11.0. The normalized spacial score (nSPS) is 17.8. The molecule has 2 aromatic heterocycles. The molecule has 1 amide bonds. The number of ether oxygens (including phenoxy) is 4. The van der Waals surface area contributed by atoms with Crippen LogP contribution in [0.5, 0.6) is 11.5 Å². The number of pyridine rings is 1. The first kappa shape index (κ1) is 27.8. The summed E-state index contributed by atoms with van der Waals surface area (Å²) in [6.45, 7) is 3.47. The fourth-order valence-corrected chi connectivity index (χ4v) is 4.88. The van der Waals surface area contributed by atoms with E-state index in [2.05, 4.69) is 4.98 Å². The van der Waals surface area contributed by atoms with Gasteiger partial charge in [0.05, 0.1) is 38.3 Å². The van der Waals surface area contributed by atoms with E-state index in [4.69, 9.17) is 18.9 Å². The number of benzene rings is 1. The van der Waals surface area contributed by atoms with E-state index >= 15 is 0 Å². The van der Waals surface area contributed by atoms with Gasteiger partial charge in [-0.1, -0.05) is 0 Å². The lowest BCUT2D eigenvalue weighted by molar-refractivity contribution is -0.0502. The van der Waals surface area contributed by atoms with Crippen molar-refractivity contribution in [1.29, 1.82) is 0 Å². The lowest BCUT2D eigenvalue weighted by atomic mass is 10.00.